The predicted molar refractivity (Wildman–Crippen MR) is 117 cm³/mol. The van der Waals surface area contributed by atoms with Crippen molar-refractivity contribution in [3.8, 4) is 5.75 Å². The van der Waals surface area contributed by atoms with Crippen LogP contribution in [0.3, 0.4) is 0 Å². The van der Waals surface area contributed by atoms with Gasteiger partial charge >= 0.3 is 5.97 Å². The van der Waals surface area contributed by atoms with Crippen LogP contribution in [0.1, 0.15) is 56.8 Å². The van der Waals surface area contributed by atoms with E-state index in [1.54, 1.807) is 0 Å². The van der Waals surface area contributed by atoms with Crippen molar-refractivity contribution >= 4 is 17.6 Å². The summed E-state index contributed by atoms with van der Waals surface area (Å²) in [6, 6.07) is 1.39. The average molecular weight is 442 g/mol. The van der Waals surface area contributed by atoms with Gasteiger partial charge < -0.3 is 24.2 Å². The number of rotatable bonds is 8. The van der Waals surface area contributed by atoms with Gasteiger partial charge in [0.1, 0.15) is 0 Å². The Morgan fingerprint density at radius 3 is 2.13 bits per heavy atom. The van der Waals surface area contributed by atoms with Crippen molar-refractivity contribution < 1.29 is 33.3 Å². The molecule has 0 radical (unpaired) electrons. The van der Waals surface area contributed by atoms with Crippen molar-refractivity contribution in [1.29, 1.82) is 0 Å². The fraction of sp³-hybridized carbons (Fsp3) is 0.652. The van der Waals surface area contributed by atoms with Crippen LogP contribution in [-0.2, 0) is 19.0 Å². The Kier molecular flexibility index (Phi) is 11.5. The molecule has 1 saturated carbocycles. The summed E-state index contributed by atoms with van der Waals surface area (Å²) >= 11 is 0. The van der Waals surface area contributed by atoms with Crippen molar-refractivity contribution in [2.45, 2.75) is 52.5 Å². The quantitative estimate of drug-likeness (QED) is 0.610. The Balaban J connectivity index is 0.00000233. The van der Waals surface area contributed by atoms with Crippen LogP contribution in [0.4, 0.5) is 10.1 Å². The maximum absolute atomic E-state index is 14.3. The lowest BCUT2D eigenvalue weighted by Gasteiger charge is -2.36. The van der Waals surface area contributed by atoms with E-state index in [1.165, 1.54) is 26.2 Å². The van der Waals surface area contributed by atoms with Crippen LogP contribution >= 0.6 is 0 Å². The summed E-state index contributed by atoms with van der Waals surface area (Å²) in [6.45, 7) is 6.42. The molecule has 1 aromatic rings. The van der Waals surface area contributed by atoms with Gasteiger partial charge in [0.05, 0.1) is 37.6 Å². The lowest BCUT2D eigenvalue weighted by molar-refractivity contribution is -0.124. The number of hydrogen-bond acceptors (Lipinski definition) is 6. The number of halogens is 1. The number of carbonyl (C=O) groups excluding carboxylic acids is 2. The highest BCUT2D eigenvalue weighted by atomic mass is 19.1. The molecule has 1 N–H and O–H groups in total. The number of hydrogen-bond donors (Lipinski definition) is 1. The standard InChI is InChI=1S/C21H30FNO6.C2H6/c1-13-5-7-14(8-6-13)20(25)23(15(11-27-2)12-28-3)18-10-17(22)19(24)9-16(18)21(26)29-4;1-2/h9-10,13-15,24H,5-8,11-12H2,1-4H3;1-2H3. The van der Waals surface area contributed by atoms with E-state index in [2.05, 4.69) is 6.92 Å². The molecular formula is C23H36FNO6. The highest BCUT2D eigenvalue weighted by Crippen LogP contribution is 2.35. The molecule has 1 amide bonds. The van der Waals surface area contributed by atoms with Crippen LogP contribution < -0.4 is 4.90 Å². The maximum atomic E-state index is 14.3. The minimum absolute atomic E-state index is 0.0369. The zero-order valence-electron chi connectivity index (χ0n) is 19.4. The highest BCUT2D eigenvalue weighted by Gasteiger charge is 2.35. The molecule has 0 aromatic heterocycles. The molecule has 0 aliphatic heterocycles. The minimum atomic E-state index is -0.934. The van der Waals surface area contributed by atoms with E-state index in [1.807, 2.05) is 13.8 Å². The summed E-state index contributed by atoms with van der Waals surface area (Å²) in [6.07, 6.45) is 3.29. The second-order valence-corrected chi connectivity index (χ2v) is 7.54. The van der Waals surface area contributed by atoms with Crippen molar-refractivity contribution in [3.05, 3.63) is 23.5 Å². The van der Waals surface area contributed by atoms with Gasteiger partial charge in [-0.3, -0.25) is 4.79 Å². The first-order valence-corrected chi connectivity index (χ1v) is 10.8. The summed E-state index contributed by atoms with van der Waals surface area (Å²) in [4.78, 5) is 27.2. The number of phenols is 1. The molecule has 1 aliphatic rings. The molecule has 31 heavy (non-hydrogen) atoms. The summed E-state index contributed by atoms with van der Waals surface area (Å²) in [7, 11) is 4.17. The Hall–Kier alpha value is -2.19. The molecule has 7 nitrogen and oxygen atoms in total. The maximum Gasteiger partial charge on any atom is 0.340 e. The molecule has 2 rings (SSSR count). The fourth-order valence-corrected chi connectivity index (χ4v) is 3.81. The number of amides is 1. The highest BCUT2D eigenvalue weighted by molar-refractivity contribution is 6.04. The van der Waals surface area contributed by atoms with E-state index < -0.39 is 23.6 Å². The number of phenolic OH excluding ortho intramolecular Hbond substituents is 1. The van der Waals surface area contributed by atoms with Crippen molar-refractivity contribution in [2.75, 3.05) is 39.4 Å². The predicted octanol–water partition coefficient (Wildman–Crippen LogP) is 4.16. The lowest BCUT2D eigenvalue weighted by atomic mass is 9.82. The third kappa shape index (κ3) is 6.90. The fourth-order valence-electron chi connectivity index (χ4n) is 3.81. The molecule has 1 fully saturated rings. The van der Waals surface area contributed by atoms with E-state index in [-0.39, 0.29) is 36.3 Å². The van der Waals surface area contributed by atoms with Crippen LogP contribution in [0.2, 0.25) is 0 Å². The normalized spacial score (nSPS) is 18.2. The van der Waals surface area contributed by atoms with Crippen LogP contribution in [0.15, 0.2) is 12.1 Å². The van der Waals surface area contributed by atoms with E-state index >= 15 is 0 Å². The largest absolute Gasteiger partial charge is 0.505 e. The minimum Gasteiger partial charge on any atom is -0.505 e. The number of benzene rings is 1. The van der Waals surface area contributed by atoms with Crippen molar-refractivity contribution in [3.63, 3.8) is 0 Å². The molecule has 0 unspecified atom stereocenters. The third-order valence-electron chi connectivity index (χ3n) is 5.42. The number of aromatic hydroxyl groups is 1. The Labute approximate surface area is 184 Å². The van der Waals surface area contributed by atoms with E-state index in [9.17, 15) is 19.1 Å². The summed E-state index contributed by atoms with van der Waals surface area (Å²) < 4.78 is 29.6. The first-order chi connectivity index (χ1) is 14.8. The Morgan fingerprint density at radius 1 is 1.10 bits per heavy atom. The number of carbonyl (C=O) groups is 2. The summed E-state index contributed by atoms with van der Waals surface area (Å²) in [5.74, 6) is -2.31. The molecular weight excluding hydrogens is 405 g/mol. The second-order valence-electron chi connectivity index (χ2n) is 7.54. The zero-order valence-corrected chi connectivity index (χ0v) is 19.4. The Bertz CT molecular complexity index is 712. The van der Waals surface area contributed by atoms with Crippen LogP contribution in [0.25, 0.3) is 0 Å². The van der Waals surface area contributed by atoms with E-state index in [4.69, 9.17) is 14.2 Å². The molecule has 0 saturated heterocycles. The van der Waals surface area contributed by atoms with Gasteiger partial charge in [0.2, 0.25) is 5.91 Å². The van der Waals surface area contributed by atoms with Gasteiger partial charge in [-0.05, 0) is 37.7 Å². The first kappa shape index (κ1) is 26.8. The van der Waals surface area contributed by atoms with Crippen molar-refractivity contribution in [2.24, 2.45) is 11.8 Å². The summed E-state index contributed by atoms with van der Waals surface area (Å²) in [5.41, 5.74) is -0.0593. The first-order valence-electron chi connectivity index (χ1n) is 10.8. The molecule has 1 aromatic carbocycles. The van der Waals surface area contributed by atoms with Crippen LogP contribution in [-0.4, -0.2) is 57.6 Å². The van der Waals surface area contributed by atoms with Gasteiger partial charge in [0.15, 0.2) is 11.6 Å². The number of methoxy groups -OCH3 is 3. The van der Waals surface area contributed by atoms with Crippen molar-refractivity contribution in [1.82, 2.24) is 0 Å². The van der Waals surface area contributed by atoms with Crippen LogP contribution in [0, 0.1) is 17.7 Å². The third-order valence-corrected chi connectivity index (χ3v) is 5.42. The lowest BCUT2D eigenvalue weighted by Crippen LogP contribution is -2.49. The topological polar surface area (TPSA) is 85.3 Å². The number of ether oxygens (including phenoxy) is 3. The van der Waals surface area contributed by atoms with E-state index in [0.717, 1.165) is 37.8 Å². The molecule has 1 aliphatic carbocycles. The zero-order chi connectivity index (χ0) is 23.6. The van der Waals surface area contributed by atoms with Gasteiger partial charge in [-0.25, -0.2) is 9.18 Å². The second kappa shape index (κ2) is 13.3. The number of anilines is 1. The van der Waals surface area contributed by atoms with Gasteiger partial charge in [-0.2, -0.15) is 0 Å². The molecule has 0 spiro atoms. The van der Waals surface area contributed by atoms with Crippen LogP contribution in [0.5, 0.6) is 5.75 Å². The van der Waals surface area contributed by atoms with Gasteiger partial charge in [-0.1, -0.05) is 20.8 Å². The molecule has 176 valence electrons. The average Bonchev–Trinajstić information content (AvgIpc) is 2.77. The molecule has 0 heterocycles. The van der Waals surface area contributed by atoms with Gasteiger partial charge in [0.25, 0.3) is 0 Å². The monoisotopic (exact) mass is 441 g/mol. The van der Waals surface area contributed by atoms with Gasteiger partial charge in [0, 0.05) is 26.2 Å². The number of esters is 1. The van der Waals surface area contributed by atoms with E-state index in [0.29, 0.717) is 5.92 Å². The SMILES string of the molecule is CC.COCC(COC)N(C(=O)C1CCC(C)CC1)c1cc(F)c(O)cc1C(=O)OC. The molecule has 0 bridgehead atoms. The number of nitrogens with zero attached hydrogens (tertiary/aromatic N) is 1. The Morgan fingerprint density at radius 2 is 1.65 bits per heavy atom. The molecule has 0 atom stereocenters. The molecule has 8 heteroatoms. The summed E-state index contributed by atoms with van der Waals surface area (Å²) in [5, 5.41) is 9.78. The van der Waals surface area contributed by atoms with Gasteiger partial charge in [-0.15, -0.1) is 0 Å². The smallest absolute Gasteiger partial charge is 0.340 e.